The quantitative estimate of drug-likeness (QED) is 0.157. The molecule has 0 aliphatic carbocycles. The first kappa shape index (κ1) is 28.4. The number of carbonyl (C=O) groups is 2. The van der Waals surface area contributed by atoms with Gasteiger partial charge in [-0.3, -0.25) is 9.59 Å². The Balaban J connectivity index is 1.69. The maximum atomic E-state index is 14.0. The lowest BCUT2D eigenvalue weighted by atomic mass is 9.79. The fraction of sp³-hybridized carbons (Fsp3) is 0.471. The summed E-state index contributed by atoms with van der Waals surface area (Å²) in [4.78, 5) is 30.5. The van der Waals surface area contributed by atoms with Crippen molar-refractivity contribution in [3.63, 3.8) is 0 Å². The molecule has 3 nitrogen and oxygen atoms in total. The molecule has 1 aliphatic heterocycles. The van der Waals surface area contributed by atoms with Crippen LogP contribution in [0.1, 0.15) is 119 Å². The van der Waals surface area contributed by atoms with Gasteiger partial charge in [0.25, 0.3) is 11.8 Å². The number of hydrogen-bond acceptors (Lipinski definition) is 3. The number of benzene rings is 3. The third kappa shape index (κ3) is 5.71. The molecule has 4 heteroatoms. The average molecular weight is 530 g/mol. The Bertz CT molecular complexity index is 1320. The molecule has 3 aromatic rings. The van der Waals surface area contributed by atoms with Gasteiger partial charge >= 0.3 is 0 Å². The molecule has 0 N–H and O–H groups in total. The molecule has 0 saturated heterocycles. The minimum absolute atomic E-state index is 0.0315. The van der Waals surface area contributed by atoms with Crippen LogP contribution in [-0.4, -0.2) is 17.6 Å². The van der Waals surface area contributed by atoms with Gasteiger partial charge in [-0.1, -0.05) is 105 Å². The zero-order chi connectivity index (χ0) is 27.7. The molecular formula is C34H43NO2S. The lowest BCUT2D eigenvalue weighted by Crippen LogP contribution is -2.41. The first-order valence-corrected chi connectivity index (χ1v) is 15.2. The van der Waals surface area contributed by atoms with Gasteiger partial charge in [0.15, 0.2) is 0 Å². The minimum atomic E-state index is -0.236. The molecule has 0 fully saturated rings. The standard InChI is InChI=1S/C34H43NO2S/c1-8-9-10-11-12-13-21-38-29-20-18-26-30-24(29)15-14-16-25(30)31(36)35(32(26)37)28-19-17-23(33(2,3)4)22-27(28)34(5,6)7/h14-20,22H,8-13,21H2,1-7H3. The molecule has 1 heterocycles. The van der Waals surface area contributed by atoms with Crippen LogP contribution in [0.5, 0.6) is 0 Å². The van der Waals surface area contributed by atoms with Crippen molar-refractivity contribution in [1.82, 2.24) is 0 Å². The molecule has 1 aliphatic rings. The van der Waals surface area contributed by atoms with Crippen molar-refractivity contribution in [2.24, 2.45) is 0 Å². The normalized spacial score (nSPS) is 14.0. The molecule has 4 rings (SSSR count). The van der Waals surface area contributed by atoms with Crippen LogP contribution in [0.3, 0.4) is 0 Å². The van der Waals surface area contributed by atoms with Crippen LogP contribution >= 0.6 is 11.8 Å². The van der Waals surface area contributed by atoms with Gasteiger partial charge in [0.1, 0.15) is 0 Å². The van der Waals surface area contributed by atoms with E-state index in [0.717, 1.165) is 27.0 Å². The van der Waals surface area contributed by atoms with E-state index in [1.165, 1.54) is 49.0 Å². The Labute approximate surface area is 233 Å². The van der Waals surface area contributed by atoms with Crippen LogP contribution in [0, 0.1) is 0 Å². The molecule has 0 bridgehead atoms. The maximum absolute atomic E-state index is 14.0. The van der Waals surface area contributed by atoms with Gasteiger partial charge in [-0.25, -0.2) is 4.90 Å². The van der Waals surface area contributed by atoms with Gasteiger partial charge in [0.2, 0.25) is 0 Å². The summed E-state index contributed by atoms with van der Waals surface area (Å²) >= 11 is 1.84. The van der Waals surface area contributed by atoms with Gasteiger partial charge in [0.05, 0.1) is 5.69 Å². The largest absolute Gasteiger partial charge is 0.268 e. The van der Waals surface area contributed by atoms with Crippen molar-refractivity contribution >= 4 is 40.0 Å². The van der Waals surface area contributed by atoms with E-state index in [9.17, 15) is 9.59 Å². The summed E-state index contributed by atoms with van der Waals surface area (Å²) in [6.07, 6.45) is 7.64. The Morgan fingerprint density at radius 3 is 2.05 bits per heavy atom. The molecule has 0 saturated carbocycles. The van der Waals surface area contributed by atoms with Crippen LogP contribution in [0.4, 0.5) is 5.69 Å². The van der Waals surface area contributed by atoms with Crippen molar-refractivity contribution in [3.8, 4) is 0 Å². The second-order valence-electron chi connectivity index (χ2n) is 12.6. The predicted molar refractivity (Wildman–Crippen MR) is 163 cm³/mol. The molecule has 0 radical (unpaired) electrons. The predicted octanol–water partition coefficient (Wildman–Crippen LogP) is 9.69. The molecule has 0 unspecified atom stereocenters. The van der Waals surface area contributed by atoms with E-state index >= 15 is 0 Å². The van der Waals surface area contributed by atoms with Crippen molar-refractivity contribution in [2.75, 3.05) is 10.7 Å². The van der Waals surface area contributed by atoms with Crippen LogP contribution in [0.15, 0.2) is 53.4 Å². The van der Waals surface area contributed by atoms with Crippen LogP contribution in [0.25, 0.3) is 10.8 Å². The number of nitrogens with zero attached hydrogens (tertiary/aromatic N) is 1. The molecule has 3 aromatic carbocycles. The van der Waals surface area contributed by atoms with Crippen molar-refractivity contribution in [3.05, 3.63) is 70.8 Å². The minimum Gasteiger partial charge on any atom is -0.268 e. The highest BCUT2D eigenvalue weighted by Crippen LogP contribution is 2.41. The Morgan fingerprint density at radius 2 is 1.39 bits per heavy atom. The Kier molecular flexibility index (Phi) is 8.42. The van der Waals surface area contributed by atoms with E-state index in [4.69, 9.17) is 0 Å². The second-order valence-corrected chi connectivity index (χ2v) is 13.8. The molecular weight excluding hydrogens is 486 g/mol. The Hall–Kier alpha value is -2.59. The van der Waals surface area contributed by atoms with E-state index < -0.39 is 0 Å². The van der Waals surface area contributed by atoms with Gasteiger partial charge in [0, 0.05) is 21.4 Å². The van der Waals surface area contributed by atoms with Crippen LogP contribution in [0.2, 0.25) is 0 Å². The zero-order valence-electron chi connectivity index (χ0n) is 24.2. The number of amides is 2. The molecule has 0 spiro atoms. The topological polar surface area (TPSA) is 37.4 Å². The Morgan fingerprint density at radius 1 is 0.737 bits per heavy atom. The highest BCUT2D eigenvalue weighted by Gasteiger charge is 2.37. The summed E-state index contributed by atoms with van der Waals surface area (Å²) in [6, 6.07) is 16.1. The number of rotatable bonds is 9. The summed E-state index contributed by atoms with van der Waals surface area (Å²) in [5.74, 6) is 0.578. The zero-order valence-corrected chi connectivity index (χ0v) is 25.1. The smallest absolute Gasteiger partial charge is 0.265 e. The van der Waals surface area contributed by atoms with E-state index in [1.807, 2.05) is 36.0 Å². The summed E-state index contributed by atoms with van der Waals surface area (Å²) in [7, 11) is 0. The number of carbonyl (C=O) groups excluding carboxylic acids is 2. The third-order valence-electron chi connectivity index (χ3n) is 7.53. The number of imide groups is 1. The summed E-state index contributed by atoms with van der Waals surface area (Å²) in [5.41, 5.74) is 3.84. The maximum Gasteiger partial charge on any atom is 0.265 e. The SMILES string of the molecule is CCCCCCCCSc1ccc2c3c(cccc13)C(=O)N(c1ccc(C(C)(C)C)cc1C(C)(C)C)C2=O. The van der Waals surface area contributed by atoms with Gasteiger partial charge in [-0.2, -0.15) is 0 Å². The van der Waals surface area contributed by atoms with Crippen LogP contribution < -0.4 is 4.90 Å². The molecule has 2 amide bonds. The van der Waals surface area contributed by atoms with E-state index in [-0.39, 0.29) is 22.6 Å². The first-order chi connectivity index (χ1) is 17.9. The highest BCUT2D eigenvalue weighted by molar-refractivity contribution is 7.99. The lowest BCUT2D eigenvalue weighted by molar-refractivity contribution is 0.0893. The van der Waals surface area contributed by atoms with E-state index in [0.29, 0.717) is 16.8 Å². The summed E-state index contributed by atoms with van der Waals surface area (Å²) in [5, 5.41) is 1.81. The monoisotopic (exact) mass is 529 g/mol. The average Bonchev–Trinajstić information content (AvgIpc) is 2.86. The fourth-order valence-corrected chi connectivity index (χ4v) is 6.34. The second kappa shape index (κ2) is 11.3. The summed E-state index contributed by atoms with van der Waals surface area (Å²) in [6.45, 7) is 15.2. The first-order valence-electron chi connectivity index (χ1n) is 14.2. The van der Waals surface area contributed by atoms with E-state index in [1.54, 1.807) is 0 Å². The molecule has 0 atom stereocenters. The molecule has 38 heavy (non-hydrogen) atoms. The number of thioether (sulfide) groups is 1. The van der Waals surface area contributed by atoms with Crippen molar-refractivity contribution < 1.29 is 9.59 Å². The number of anilines is 1. The fourth-order valence-electron chi connectivity index (χ4n) is 5.28. The molecule has 0 aromatic heterocycles. The highest BCUT2D eigenvalue weighted by atomic mass is 32.2. The lowest BCUT2D eigenvalue weighted by Gasteiger charge is -2.33. The van der Waals surface area contributed by atoms with Gasteiger partial charge in [-0.05, 0) is 63.8 Å². The van der Waals surface area contributed by atoms with Crippen molar-refractivity contribution in [1.29, 1.82) is 0 Å². The van der Waals surface area contributed by atoms with Crippen molar-refractivity contribution in [2.45, 2.75) is 103 Å². The third-order valence-corrected chi connectivity index (χ3v) is 8.69. The number of hydrogen-bond donors (Lipinski definition) is 0. The van der Waals surface area contributed by atoms with Gasteiger partial charge < -0.3 is 0 Å². The summed E-state index contributed by atoms with van der Waals surface area (Å²) < 4.78 is 0. The van der Waals surface area contributed by atoms with Gasteiger partial charge in [-0.15, -0.1) is 11.8 Å². The van der Waals surface area contributed by atoms with Crippen LogP contribution in [-0.2, 0) is 10.8 Å². The number of unbranched alkanes of at least 4 members (excludes halogenated alkanes) is 5. The van der Waals surface area contributed by atoms with E-state index in [2.05, 4.69) is 72.7 Å². The molecule has 202 valence electrons.